The molecule has 4 N–H and O–H groups in total. The van der Waals surface area contributed by atoms with Gasteiger partial charge in [0.2, 0.25) is 5.91 Å². The summed E-state index contributed by atoms with van der Waals surface area (Å²) in [5.74, 6) is -3.87. The molecule has 0 spiro atoms. The van der Waals surface area contributed by atoms with Crippen molar-refractivity contribution in [3.05, 3.63) is 87.6 Å². The molecule has 1 aliphatic rings. The number of fused-ring (bicyclic) bond motifs is 1. The van der Waals surface area contributed by atoms with Gasteiger partial charge in [0.05, 0.1) is 23.1 Å². The predicted octanol–water partition coefficient (Wildman–Crippen LogP) is 1.69. The van der Waals surface area contributed by atoms with Crippen LogP contribution in [0.5, 0.6) is 0 Å². The summed E-state index contributed by atoms with van der Waals surface area (Å²) < 4.78 is 34.6. The molecule has 7 nitrogen and oxygen atoms in total. The first kappa shape index (κ1) is 22.3. The van der Waals surface area contributed by atoms with Gasteiger partial charge in [-0.1, -0.05) is 48.2 Å². The second kappa shape index (κ2) is 8.55. The number of carbonyl (C=O) groups excluding carboxylic acids is 3. The quantitative estimate of drug-likeness (QED) is 0.562. The number of hydrogen-bond donors (Lipinski definition) is 2. The minimum absolute atomic E-state index is 0.000351. The van der Waals surface area contributed by atoms with Crippen molar-refractivity contribution in [2.45, 2.75) is 5.25 Å². The first-order valence-electron chi connectivity index (χ1n) is 9.60. The fourth-order valence-electron chi connectivity index (χ4n) is 3.64. The summed E-state index contributed by atoms with van der Waals surface area (Å²) in [6.07, 6.45) is 1.31. The maximum Gasteiger partial charge on any atom is 0.357 e. The first-order chi connectivity index (χ1) is 15.8. The standard InChI is InChI=1S/C23H17F2N3O4S/c1-32-23(31)18-16(26)13(10-11-6-2-4-8-14(11)24)17-20(21(27)29)33-19(22(30)28(17)18)12-7-3-5-9-15(12)25/h2-10,19H,26H2,1H3,(H2,27,29)/b13-10+/t19-/m0/s1. The number of nitrogen functional groups attached to an aromatic ring is 1. The number of ether oxygens (including phenoxy) is 1. The van der Waals surface area contributed by atoms with E-state index in [-0.39, 0.29) is 38.0 Å². The van der Waals surface area contributed by atoms with Gasteiger partial charge in [0.1, 0.15) is 16.9 Å². The van der Waals surface area contributed by atoms with Crippen LogP contribution >= 0.6 is 11.8 Å². The number of carbonyl (C=O) groups is 3. The van der Waals surface area contributed by atoms with Crippen LogP contribution in [0.25, 0.3) is 11.0 Å². The minimum Gasteiger partial charge on any atom is -0.464 e. The van der Waals surface area contributed by atoms with E-state index >= 15 is 0 Å². The second-order valence-electron chi connectivity index (χ2n) is 7.07. The number of nitrogens with zero attached hydrogens (tertiary/aromatic N) is 1. The number of halogens is 2. The van der Waals surface area contributed by atoms with E-state index in [4.69, 9.17) is 16.2 Å². The molecule has 1 amide bonds. The second-order valence-corrected chi connectivity index (χ2v) is 8.18. The molecule has 3 aromatic rings. The number of hydrogen-bond acceptors (Lipinski definition) is 6. The Labute approximate surface area is 190 Å². The monoisotopic (exact) mass is 469 g/mol. The van der Waals surface area contributed by atoms with Gasteiger partial charge in [-0.15, -0.1) is 0 Å². The number of nitrogens with two attached hydrogens (primary N) is 2. The Bertz CT molecular complexity index is 1450. The molecule has 0 bridgehead atoms. The van der Waals surface area contributed by atoms with Crippen LogP contribution in [0.3, 0.4) is 0 Å². The lowest BCUT2D eigenvalue weighted by Crippen LogP contribution is -2.43. The predicted molar refractivity (Wildman–Crippen MR) is 119 cm³/mol. The first-order valence-corrected chi connectivity index (χ1v) is 10.5. The fourth-order valence-corrected chi connectivity index (χ4v) is 4.83. The van der Waals surface area contributed by atoms with Gasteiger partial charge in [-0.05, 0) is 18.2 Å². The van der Waals surface area contributed by atoms with Crippen molar-refractivity contribution in [1.29, 1.82) is 0 Å². The van der Waals surface area contributed by atoms with Crippen molar-refractivity contribution in [3.8, 4) is 0 Å². The molecular formula is C23H17F2N3O4S. The Morgan fingerprint density at radius 3 is 2.33 bits per heavy atom. The van der Waals surface area contributed by atoms with E-state index in [0.717, 1.165) is 23.4 Å². The summed E-state index contributed by atoms with van der Waals surface area (Å²) in [7, 11) is 1.09. The molecule has 0 radical (unpaired) electrons. The van der Waals surface area contributed by atoms with Crippen LogP contribution in [0.15, 0.2) is 48.5 Å². The average Bonchev–Trinajstić information content (AvgIpc) is 3.08. The van der Waals surface area contributed by atoms with Gasteiger partial charge in [-0.2, -0.15) is 0 Å². The highest BCUT2D eigenvalue weighted by atomic mass is 32.2. The number of benzene rings is 2. The lowest BCUT2D eigenvalue weighted by atomic mass is 10.1. The van der Waals surface area contributed by atoms with E-state index in [1.165, 1.54) is 48.5 Å². The fraction of sp³-hybridized carbons (Fsp3) is 0.0870. The molecule has 33 heavy (non-hydrogen) atoms. The Balaban J connectivity index is 2.13. The van der Waals surface area contributed by atoms with Crippen molar-refractivity contribution in [3.63, 3.8) is 0 Å². The van der Waals surface area contributed by atoms with Crippen LogP contribution in [-0.4, -0.2) is 29.5 Å². The van der Waals surface area contributed by atoms with Gasteiger partial charge in [-0.3, -0.25) is 14.2 Å². The van der Waals surface area contributed by atoms with E-state index in [1.54, 1.807) is 6.07 Å². The smallest absolute Gasteiger partial charge is 0.357 e. The van der Waals surface area contributed by atoms with Crippen LogP contribution < -0.4 is 22.0 Å². The van der Waals surface area contributed by atoms with E-state index in [0.29, 0.717) is 0 Å². The largest absolute Gasteiger partial charge is 0.464 e. The van der Waals surface area contributed by atoms with E-state index in [2.05, 4.69) is 0 Å². The van der Waals surface area contributed by atoms with Crippen molar-refractivity contribution >= 4 is 46.2 Å². The van der Waals surface area contributed by atoms with Crippen molar-refractivity contribution in [1.82, 2.24) is 4.57 Å². The topological polar surface area (TPSA) is 117 Å². The molecule has 0 fully saturated rings. The third kappa shape index (κ3) is 3.68. The highest BCUT2D eigenvalue weighted by Crippen LogP contribution is 2.39. The normalized spacial score (nSPS) is 16.0. The highest BCUT2D eigenvalue weighted by Gasteiger charge is 2.38. The molecule has 2 heterocycles. The Morgan fingerprint density at radius 1 is 1.09 bits per heavy atom. The molecule has 4 rings (SSSR count). The van der Waals surface area contributed by atoms with Gasteiger partial charge >= 0.3 is 5.97 Å². The summed E-state index contributed by atoms with van der Waals surface area (Å²) in [4.78, 5) is 38.4. The third-order valence-corrected chi connectivity index (χ3v) is 6.46. The van der Waals surface area contributed by atoms with Gasteiger partial charge in [-0.25, -0.2) is 13.6 Å². The number of anilines is 1. The number of amides is 1. The van der Waals surface area contributed by atoms with Crippen LogP contribution in [-0.2, 0) is 9.53 Å². The molecule has 1 aliphatic heterocycles. The number of aromatic nitrogens is 1. The van der Waals surface area contributed by atoms with E-state index < -0.39 is 34.7 Å². The molecule has 2 aromatic carbocycles. The summed E-state index contributed by atoms with van der Waals surface area (Å²) >= 11 is 0.738. The molecule has 0 unspecified atom stereocenters. The summed E-state index contributed by atoms with van der Waals surface area (Å²) in [6, 6.07) is 11.3. The van der Waals surface area contributed by atoms with Crippen LogP contribution in [0.1, 0.15) is 31.7 Å². The van der Waals surface area contributed by atoms with Gasteiger partial charge in [0.15, 0.2) is 5.69 Å². The number of thioether (sulfide) groups is 1. The molecule has 168 valence electrons. The summed E-state index contributed by atoms with van der Waals surface area (Å²) in [5.41, 5.74) is 11.4. The zero-order valence-corrected chi connectivity index (χ0v) is 18.0. The summed E-state index contributed by atoms with van der Waals surface area (Å²) in [5, 5.41) is -1.26. The third-order valence-electron chi connectivity index (χ3n) is 5.14. The zero-order chi connectivity index (χ0) is 23.9. The maximum absolute atomic E-state index is 14.5. The number of primary amides is 1. The molecular weight excluding hydrogens is 452 g/mol. The lowest BCUT2D eigenvalue weighted by molar-refractivity contribution is -0.112. The van der Waals surface area contributed by atoms with Crippen molar-refractivity contribution in [2.75, 3.05) is 12.8 Å². The van der Waals surface area contributed by atoms with E-state index in [1.807, 2.05) is 0 Å². The van der Waals surface area contributed by atoms with E-state index in [9.17, 15) is 23.2 Å². The molecule has 10 heteroatoms. The van der Waals surface area contributed by atoms with Crippen molar-refractivity contribution < 1.29 is 27.9 Å². The molecule has 0 saturated carbocycles. The average molecular weight is 469 g/mol. The SMILES string of the molecule is COC(=O)c1c(N)/c(=C\c2ccccc2F)c2n1C(=O)[C@H](c1ccccc1F)SC=2C(N)=O. The highest BCUT2D eigenvalue weighted by molar-refractivity contribution is 8.10. The Morgan fingerprint density at radius 2 is 1.73 bits per heavy atom. The molecule has 0 saturated heterocycles. The van der Waals surface area contributed by atoms with Gasteiger partial charge < -0.3 is 16.2 Å². The molecule has 1 atom stereocenters. The zero-order valence-electron chi connectivity index (χ0n) is 17.2. The van der Waals surface area contributed by atoms with Gasteiger partial charge in [0.25, 0.3) is 5.91 Å². The van der Waals surface area contributed by atoms with Crippen molar-refractivity contribution in [2.24, 2.45) is 5.73 Å². The Hall–Kier alpha value is -3.92. The minimum atomic E-state index is -1.22. The van der Waals surface area contributed by atoms with Crippen LogP contribution in [0.4, 0.5) is 14.5 Å². The molecule has 1 aromatic heterocycles. The van der Waals surface area contributed by atoms with Crippen LogP contribution in [0, 0.1) is 11.6 Å². The summed E-state index contributed by atoms with van der Waals surface area (Å²) in [6.45, 7) is 0. The van der Waals surface area contributed by atoms with Crippen LogP contribution in [0.2, 0.25) is 0 Å². The Kier molecular flexibility index (Phi) is 5.77. The number of esters is 1. The maximum atomic E-state index is 14.5. The van der Waals surface area contributed by atoms with Gasteiger partial charge in [0, 0.05) is 16.3 Å². The lowest BCUT2D eigenvalue weighted by Gasteiger charge is -2.23. The molecule has 0 aliphatic carbocycles. The number of methoxy groups -OCH3 is 1. The number of rotatable bonds is 4.